The molecule has 0 radical (unpaired) electrons. The Balaban J connectivity index is 0.000000208. The molecule has 240 valence electrons. The van der Waals surface area contributed by atoms with E-state index in [1.165, 1.54) is 0 Å². The van der Waals surface area contributed by atoms with E-state index in [1.54, 1.807) is 72.8 Å². The normalized spacial score (nSPS) is 12.5. The van der Waals surface area contributed by atoms with Gasteiger partial charge in [-0.1, -0.05) is 71.8 Å². The van der Waals surface area contributed by atoms with Gasteiger partial charge in [-0.15, -0.1) is 69.1 Å². The van der Waals surface area contributed by atoms with Crippen LogP contribution in [0.25, 0.3) is 43.8 Å². The smallest absolute Gasteiger partial charge is 0.166 e. The summed E-state index contributed by atoms with van der Waals surface area (Å²) >= 11 is 0. The van der Waals surface area contributed by atoms with Crippen molar-refractivity contribution in [3.05, 3.63) is 131 Å². The van der Waals surface area contributed by atoms with Gasteiger partial charge in [-0.25, -0.2) is 0 Å². The number of halogens is 12. The first-order chi connectivity index (χ1) is 21.3. The van der Waals surface area contributed by atoms with Gasteiger partial charge in [-0.2, -0.15) is 52.7 Å². The maximum atomic E-state index is 12.9. The Bertz CT molecular complexity index is 1720. The van der Waals surface area contributed by atoms with E-state index in [2.05, 4.69) is 0 Å². The third-order valence-corrected chi connectivity index (χ3v) is 7.08. The quantitative estimate of drug-likeness (QED) is 0.0926. The fourth-order valence-electron chi connectivity index (χ4n) is 4.88. The number of benzene rings is 4. The Labute approximate surface area is 277 Å². The molecule has 0 saturated carbocycles. The van der Waals surface area contributed by atoms with E-state index < -0.39 is 47.0 Å². The molecule has 0 aliphatic rings. The van der Waals surface area contributed by atoms with Crippen LogP contribution in [0.2, 0.25) is 0 Å². The molecule has 47 heavy (non-hydrogen) atoms. The number of hydrogen-bond donors (Lipinski definition) is 0. The summed E-state index contributed by atoms with van der Waals surface area (Å²) in [7, 11) is 0. The molecule has 13 heteroatoms. The summed E-state index contributed by atoms with van der Waals surface area (Å²) in [5.74, 6) is 0. The van der Waals surface area contributed by atoms with Crippen molar-refractivity contribution in [2.24, 2.45) is 0 Å². The van der Waals surface area contributed by atoms with Crippen molar-refractivity contribution in [1.82, 2.24) is 0 Å². The molecule has 6 rings (SSSR count). The van der Waals surface area contributed by atoms with Gasteiger partial charge in [-0.05, 0) is 12.1 Å². The Morgan fingerprint density at radius 2 is 0.638 bits per heavy atom. The minimum absolute atomic E-state index is 0. The van der Waals surface area contributed by atoms with E-state index >= 15 is 0 Å². The van der Waals surface area contributed by atoms with Crippen LogP contribution in [0.1, 0.15) is 22.3 Å². The van der Waals surface area contributed by atoms with E-state index in [9.17, 15) is 52.7 Å². The van der Waals surface area contributed by atoms with Gasteiger partial charge in [0.05, 0.1) is 0 Å². The van der Waals surface area contributed by atoms with Gasteiger partial charge in [0.1, 0.15) is 0 Å². The second kappa shape index (κ2) is 13.0. The molecule has 0 heterocycles. The molecule has 0 nitrogen and oxygen atoms in total. The largest absolute Gasteiger partial charge is 4.00 e. The Morgan fingerprint density at radius 1 is 0.362 bits per heavy atom. The van der Waals surface area contributed by atoms with Crippen molar-refractivity contribution in [2.75, 3.05) is 0 Å². The number of alkyl halides is 12. The molecule has 0 aromatic heterocycles. The average Bonchev–Trinajstić information content (AvgIpc) is 3.60. The molecule has 0 aliphatic carbocycles. The minimum atomic E-state index is -4.85. The standard InChI is InChI=1S/2C17H9F6.Hf/c2*18-16(19,20)14-7-13(8-15(9-14)17(21,22)23)12-5-10-3-1-2-4-11(10)6-12;/h2*1-9H;/q2*-1;+4. The maximum Gasteiger partial charge on any atom is 4.00 e. The van der Waals surface area contributed by atoms with Crippen LogP contribution >= 0.6 is 0 Å². The summed E-state index contributed by atoms with van der Waals surface area (Å²) in [6.45, 7) is 0. The van der Waals surface area contributed by atoms with E-state index in [-0.39, 0.29) is 49.1 Å². The molecule has 0 aliphatic heterocycles. The van der Waals surface area contributed by atoms with Crippen LogP contribution in [0.3, 0.4) is 0 Å². The summed E-state index contributed by atoms with van der Waals surface area (Å²) in [4.78, 5) is 0. The van der Waals surface area contributed by atoms with Crippen molar-refractivity contribution in [2.45, 2.75) is 24.7 Å². The second-order valence-electron chi connectivity index (χ2n) is 10.3. The third kappa shape index (κ3) is 8.35. The van der Waals surface area contributed by atoms with Crippen LogP contribution in [-0.4, -0.2) is 0 Å². The average molecular weight is 833 g/mol. The van der Waals surface area contributed by atoms with Gasteiger partial charge in [0, 0.05) is 22.3 Å². The van der Waals surface area contributed by atoms with E-state index in [0.29, 0.717) is 11.1 Å². The maximum absolute atomic E-state index is 12.9. The van der Waals surface area contributed by atoms with Gasteiger partial charge < -0.3 is 0 Å². The van der Waals surface area contributed by atoms with Crippen molar-refractivity contribution in [3.63, 3.8) is 0 Å². The second-order valence-corrected chi connectivity index (χ2v) is 10.3. The summed E-state index contributed by atoms with van der Waals surface area (Å²) in [5, 5.41) is 3.03. The van der Waals surface area contributed by atoms with Crippen LogP contribution in [0.4, 0.5) is 52.7 Å². The fraction of sp³-hybridized carbons (Fsp3) is 0.118. The molecule has 0 saturated heterocycles. The predicted octanol–water partition coefficient (Wildman–Crippen LogP) is 12.5. The van der Waals surface area contributed by atoms with Crippen LogP contribution in [0.5, 0.6) is 0 Å². The molecular formula is C34H18F12Hf+2. The first-order valence-electron chi connectivity index (χ1n) is 13.2. The van der Waals surface area contributed by atoms with Gasteiger partial charge in [0.2, 0.25) is 0 Å². The Morgan fingerprint density at radius 3 is 0.894 bits per heavy atom. The molecule has 0 bridgehead atoms. The van der Waals surface area contributed by atoms with E-state index in [0.717, 1.165) is 45.8 Å². The molecule has 0 spiro atoms. The van der Waals surface area contributed by atoms with Crippen molar-refractivity contribution >= 4 is 21.5 Å². The SMILES string of the molecule is FC(F)(F)c1cc(-c2cc3ccccc3[cH-]2)cc(C(F)(F)F)c1.FC(F)(F)c1cc(-c2cc3ccccc3[cH-]2)cc(C(F)(F)F)c1.[Hf+4]. The number of rotatable bonds is 2. The van der Waals surface area contributed by atoms with Crippen molar-refractivity contribution in [3.8, 4) is 22.3 Å². The third-order valence-electron chi connectivity index (χ3n) is 7.08. The zero-order valence-electron chi connectivity index (χ0n) is 23.4. The topological polar surface area (TPSA) is 0 Å². The Hall–Kier alpha value is -3.87. The first-order valence-corrected chi connectivity index (χ1v) is 13.2. The van der Waals surface area contributed by atoms with Crippen molar-refractivity contribution in [1.29, 1.82) is 0 Å². The van der Waals surface area contributed by atoms with Crippen LogP contribution in [0.15, 0.2) is 109 Å². The summed E-state index contributed by atoms with van der Waals surface area (Å²) < 4.78 is 155. The molecule has 6 aromatic rings. The van der Waals surface area contributed by atoms with Crippen LogP contribution in [-0.2, 0) is 50.5 Å². The van der Waals surface area contributed by atoms with Gasteiger partial charge in [0.15, 0.2) is 0 Å². The van der Waals surface area contributed by atoms with Gasteiger partial charge in [0.25, 0.3) is 0 Å². The predicted molar refractivity (Wildman–Crippen MR) is 150 cm³/mol. The number of fused-ring (bicyclic) bond motifs is 2. The zero-order chi connectivity index (χ0) is 33.7. The number of hydrogen-bond acceptors (Lipinski definition) is 0. The molecule has 0 atom stereocenters. The summed E-state index contributed by atoms with van der Waals surface area (Å²) in [5.41, 5.74) is -4.82. The summed E-state index contributed by atoms with van der Waals surface area (Å²) in [6.07, 6.45) is -19.4. The summed E-state index contributed by atoms with van der Waals surface area (Å²) in [6, 6.07) is 23.5. The molecule has 0 amide bonds. The van der Waals surface area contributed by atoms with Gasteiger partial charge >= 0.3 is 50.5 Å². The molecule has 0 fully saturated rings. The monoisotopic (exact) mass is 834 g/mol. The first kappa shape index (κ1) is 36.0. The van der Waals surface area contributed by atoms with Crippen LogP contribution < -0.4 is 0 Å². The molecule has 6 aromatic carbocycles. The van der Waals surface area contributed by atoms with Crippen LogP contribution in [0, 0.1) is 0 Å². The van der Waals surface area contributed by atoms with E-state index in [4.69, 9.17) is 0 Å². The molecule has 0 unspecified atom stereocenters. The van der Waals surface area contributed by atoms with Crippen molar-refractivity contribution < 1.29 is 78.5 Å². The molecule has 0 N–H and O–H groups in total. The van der Waals surface area contributed by atoms with E-state index in [1.807, 2.05) is 0 Å². The minimum Gasteiger partial charge on any atom is -0.166 e. The molecular weight excluding hydrogens is 815 g/mol. The fourth-order valence-corrected chi connectivity index (χ4v) is 4.88. The zero-order valence-corrected chi connectivity index (χ0v) is 27.0. The van der Waals surface area contributed by atoms with Gasteiger partial charge in [-0.3, -0.25) is 0 Å². The Kier molecular flexibility index (Phi) is 9.93.